The first-order valence-electron chi connectivity index (χ1n) is 7.49. The Morgan fingerprint density at radius 3 is 2.39 bits per heavy atom. The molecule has 2 fully saturated rings. The highest BCUT2D eigenvalue weighted by atomic mass is 15.1. The van der Waals surface area contributed by atoms with Gasteiger partial charge in [0.25, 0.3) is 0 Å². The second-order valence-electron chi connectivity index (χ2n) is 5.85. The lowest BCUT2D eigenvalue weighted by molar-refractivity contribution is 0.443. The predicted octanol–water partition coefficient (Wildman–Crippen LogP) is 3.92. The lowest BCUT2D eigenvalue weighted by atomic mass is 9.84. The van der Waals surface area contributed by atoms with Gasteiger partial charge in [-0.1, -0.05) is 25.3 Å². The summed E-state index contributed by atoms with van der Waals surface area (Å²) in [6.45, 7) is 2.36. The molecule has 2 heteroatoms. The molecule has 2 aliphatic rings. The largest absolute Gasteiger partial charge is 0.397 e. The Labute approximate surface area is 110 Å². The Hall–Kier alpha value is -1.18. The van der Waals surface area contributed by atoms with E-state index in [4.69, 9.17) is 5.73 Å². The van der Waals surface area contributed by atoms with Crippen molar-refractivity contribution in [2.24, 2.45) is 0 Å². The van der Waals surface area contributed by atoms with Crippen molar-refractivity contribution in [3.8, 4) is 0 Å². The summed E-state index contributed by atoms with van der Waals surface area (Å²) < 4.78 is 0. The van der Waals surface area contributed by atoms with Crippen LogP contribution in [0.25, 0.3) is 0 Å². The zero-order chi connectivity index (χ0) is 12.4. The molecule has 18 heavy (non-hydrogen) atoms. The summed E-state index contributed by atoms with van der Waals surface area (Å²) in [4.78, 5) is 2.46. The van der Waals surface area contributed by atoms with Crippen LogP contribution in [0.4, 0.5) is 11.4 Å². The molecule has 1 aromatic carbocycles. The van der Waals surface area contributed by atoms with E-state index in [-0.39, 0.29) is 0 Å². The van der Waals surface area contributed by atoms with Gasteiger partial charge in [-0.15, -0.1) is 0 Å². The molecule has 1 heterocycles. The van der Waals surface area contributed by atoms with Crippen LogP contribution >= 0.6 is 0 Å². The highest BCUT2D eigenvalue weighted by Gasteiger charge is 2.19. The van der Waals surface area contributed by atoms with E-state index < -0.39 is 0 Å². The van der Waals surface area contributed by atoms with Crippen LogP contribution in [-0.2, 0) is 0 Å². The molecule has 1 aliphatic heterocycles. The zero-order valence-corrected chi connectivity index (χ0v) is 11.2. The smallest absolute Gasteiger partial charge is 0.0602 e. The van der Waals surface area contributed by atoms with Crippen molar-refractivity contribution in [1.82, 2.24) is 0 Å². The third kappa shape index (κ3) is 2.33. The third-order valence-corrected chi connectivity index (χ3v) is 4.58. The quantitative estimate of drug-likeness (QED) is 0.799. The summed E-state index contributed by atoms with van der Waals surface area (Å²) >= 11 is 0. The van der Waals surface area contributed by atoms with Gasteiger partial charge in [0.1, 0.15) is 0 Å². The fourth-order valence-corrected chi connectivity index (χ4v) is 3.48. The van der Waals surface area contributed by atoms with Gasteiger partial charge in [0.2, 0.25) is 0 Å². The molecular formula is C16H24N2. The molecule has 0 amide bonds. The van der Waals surface area contributed by atoms with Crippen LogP contribution in [0.1, 0.15) is 56.4 Å². The number of hydrogen-bond donors (Lipinski definition) is 1. The maximum atomic E-state index is 6.16. The standard InChI is InChI=1S/C16H24N2/c17-15-9-8-14(13-6-2-1-3-7-13)12-16(15)18-10-4-5-11-18/h8-9,12-13H,1-7,10-11,17H2. The number of nitrogen functional groups attached to an aromatic ring is 1. The molecule has 0 bridgehead atoms. The number of anilines is 2. The molecule has 0 atom stereocenters. The summed E-state index contributed by atoms with van der Waals surface area (Å²) in [5.74, 6) is 0.778. The second kappa shape index (κ2) is 5.21. The minimum atomic E-state index is 0.778. The number of hydrogen-bond acceptors (Lipinski definition) is 2. The molecule has 1 saturated heterocycles. The van der Waals surface area contributed by atoms with Gasteiger partial charge in [-0.3, -0.25) is 0 Å². The zero-order valence-electron chi connectivity index (χ0n) is 11.2. The van der Waals surface area contributed by atoms with Crippen molar-refractivity contribution in [2.45, 2.75) is 50.9 Å². The van der Waals surface area contributed by atoms with Crippen molar-refractivity contribution in [3.05, 3.63) is 23.8 Å². The Morgan fingerprint density at radius 1 is 0.944 bits per heavy atom. The maximum Gasteiger partial charge on any atom is 0.0602 e. The van der Waals surface area contributed by atoms with E-state index in [1.807, 2.05) is 0 Å². The molecule has 0 unspecified atom stereocenters. The van der Waals surface area contributed by atoms with Gasteiger partial charge < -0.3 is 10.6 Å². The summed E-state index contributed by atoms with van der Waals surface area (Å²) in [7, 11) is 0. The van der Waals surface area contributed by atoms with Crippen LogP contribution in [0, 0.1) is 0 Å². The number of benzene rings is 1. The Kier molecular flexibility index (Phi) is 3.44. The van der Waals surface area contributed by atoms with Gasteiger partial charge in [-0.05, 0) is 49.3 Å². The number of rotatable bonds is 2. The van der Waals surface area contributed by atoms with Crippen molar-refractivity contribution < 1.29 is 0 Å². The normalized spacial score (nSPS) is 21.4. The first kappa shape index (κ1) is 11.9. The lowest BCUT2D eigenvalue weighted by Gasteiger charge is -2.25. The molecular weight excluding hydrogens is 220 g/mol. The summed E-state index contributed by atoms with van der Waals surface area (Å²) in [6.07, 6.45) is 9.57. The van der Waals surface area contributed by atoms with E-state index in [0.717, 1.165) is 11.6 Å². The van der Waals surface area contributed by atoms with E-state index in [1.54, 1.807) is 0 Å². The molecule has 1 saturated carbocycles. The van der Waals surface area contributed by atoms with E-state index in [2.05, 4.69) is 23.1 Å². The van der Waals surface area contributed by atoms with Gasteiger partial charge in [-0.25, -0.2) is 0 Å². The Bertz CT molecular complexity index is 402. The number of nitrogens with zero attached hydrogens (tertiary/aromatic N) is 1. The van der Waals surface area contributed by atoms with Gasteiger partial charge in [0.15, 0.2) is 0 Å². The van der Waals surface area contributed by atoms with Crippen LogP contribution in [0.2, 0.25) is 0 Å². The van der Waals surface area contributed by atoms with Crippen molar-refractivity contribution in [1.29, 1.82) is 0 Å². The van der Waals surface area contributed by atoms with Crippen molar-refractivity contribution >= 4 is 11.4 Å². The van der Waals surface area contributed by atoms with Crippen LogP contribution in [0.3, 0.4) is 0 Å². The molecule has 0 radical (unpaired) electrons. The molecule has 2 N–H and O–H groups in total. The van der Waals surface area contributed by atoms with E-state index in [9.17, 15) is 0 Å². The molecule has 2 nitrogen and oxygen atoms in total. The van der Waals surface area contributed by atoms with Gasteiger partial charge in [0.05, 0.1) is 11.4 Å². The minimum absolute atomic E-state index is 0.778. The minimum Gasteiger partial charge on any atom is -0.397 e. The average molecular weight is 244 g/mol. The van der Waals surface area contributed by atoms with Crippen molar-refractivity contribution in [2.75, 3.05) is 23.7 Å². The summed E-state index contributed by atoms with van der Waals surface area (Å²) in [5, 5.41) is 0. The molecule has 98 valence electrons. The summed E-state index contributed by atoms with van der Waals surface area (Å²) in [6, 6.07) is 6.75. The Morgan fingerprint density at radius 2 is 1.67 bits per heavy atom. The highest BCUT2D eigenvalue weighted by molar-refractivity contribution is 5.69. The predicted molar refractivity (Wildman–Crippen MR) is 78.1 cm³/mol. The van der Waals surface area contributed by atoms with E-state index >= 15 is 0 Å². The number of nitrogens with two attached hydrogens (primary N) is 1. The fourth-order valence-electron chi connectivity index (χ4n) is 3.48. The maximum absolute atomic E-state index is 6.16. The molecule has 0 spiro atoms. The molecule has 0 aromatic heterocycles. The van der Waals surface area contributed by atoms with Gasteiger partial charge in [0, 0.05) is 13.1 Å². The SMILES string of the molecule is Nc1ccc(C2CCCCC2)cc1N1CCCC1. The molecule has 3 rings (SSSR count). The van der Waals surface area contributed by atoms with Crippen LogP contribution in [-0.4, -0.2) is 13.1 Å². The van der Waals surface area contributed by atoms with E-state index in [0.29, 0.717) is 0 Å². The second-order valence-corrected chi connectivity index (χ2v) is 5.85. The lowest BCUT2D eigenvalue weighted by Crippen LogP contribution is -2.19. The van der Waals surface area contributed by atoms with Gasteiger partial charge >= 0.3 is 0 Å². The Balaban J connectivity index is 1.84. The monoisotopic (exact) mass is 244 g/mol. The average Bonchev–Trinajstić information content (AvgIpc) is 2.94. The van der Waals surface area contributed by atoms with Crippen LogP contribution in [0.15, 0.2) is 18.2 Å². The fraction of sp³-hybridized carbons (Fsp3) is 0.625. The summed E-state index contributed by atoms with van der Waals surface area (Å²) in [5.41, 5.74) is 9.92. The van der Waals surface area contributed by atoms with Crippen LogP contribution < -0.4 is 10.6 Å². The first-order valence-corrected chi connectivity index (χ1v) is 7.49. The van der Waals surface area contributed by atoms with Gasteiger partial charge in [-0.2, -0.15) is 0 Å². The molecule has 1 aliphatic carbocycles. The molecule has 1 aromatic rings. The highest BCUT2D eigenvalue weighted by Crippen LogP contribution is 2.36. The van der Waals surface area contributed by atoms with Crippen molar-refractivity contribution in [3.63, 3.8) is 0 Å². The van der Waals surface area contributed by atoms with E-state index in [1.165, 1.54) is 69.3 Å². The van der Waals surface area contributed by atoms with Crippen LogP contribution in [0.5, 0.6) is 0 Å². The first-order chi connectivity index (χ1) is 8.84. The third-order valence-electron chi connectivity index (χ3n) is 4.58. The topological polar surface area (TPSA) is 29.3 Å².